The van der Waals surface area contributed by atoms with Crippen LogP contribution in [-0.4, -0.2) is 54.8 Å². The number of ether oxygens (including phenoxy) is 1. The summed E-state index contributed by atoms with van der Waals surface area (Å²) in [7, 11) is 2.07. The molecule has 2 aliphatic heterocycles. The van der Waals surface area contributed by atoms with Gasteiger partial charge in [0, 0.05) is 31.1 Å². The predicted molar refractivity (Wildman–Crippen MR) is 126 cm³/mol. The second-order valence-corrected chi connectivity index (χ2v) is 8.79. The number of imide groups is 1. The first-order chi connectivity index (χ1) is 15.6. The molecule has 162 valence electrons. The van der Waals surface area contributed by atoms with E-state index in [2.05, 4.69) is 16.8 Å². The Kier molecular flexibility index (Phi) is 5.51. The first-order valence-corrected chi connectivity index (χ1v) is 11.4. The largest absolute Gasteiger partial charge is 0.457 e. The number of carbonyl (C=O) groups is 2. The summed E-state index contributed by atoms with van der Waals surface area (Å²) in [6.45, 7) is 3.15. The van der Waals surface area contributed by atoms with Crippen LogP contribution in [0.3, 0.4) is 0 Å². The number of amides is 2. The molecule has 6 nitrogen and oxygen atoms in total. The van der Waals surface area contributed by atoms with E-state index in [0.29, 0.717) is 22.7 Å². The summed E-state index contributed by atoms with van der Waals surface area (Å²) in [5, 5.41) is 1.93. The lowest BCUT2D eigenvalue weighted by Gasteiger charge is -2.34. The van der Waals surface area contributed by atoms with Crippen LogP contribution in [0.5, 0.6) is 11.5 Å². The summed E-state index contributed by atoms with van der Waals surface area (Å²) in [5.41, 5.74) is 1.55. The highest BCUT2D eigenvalue weighted by Gasteiger charge is 2.43. The van der Waals surface area contributed by atoms with Crippen LogP contribution in [0, 0.1) is 0 Å². The minimum atomic E-state index is -0.275. The number of para-hydroxylation sites is 1. The Morgan fingerprint density at radius 2 is 1.47 bits per heavy atom. The first-order valence-electron chi connectivity index (χ1n) is 10.6. The van der Waals surface area contributed by atoms with E-state index in [1.165, 1.54) is 16.2 Å². The van der Waals surface area contributed by atoms with E-state index in [-0.39, 0.29) is 11.8 Å². The zero-order valence-electron chi connectivity index (χ0n) is 17.7. The number of hydrogen-bond donors (Lipinski definition) is 0. The van der Waals surface area contributed by atoms with E-state index in [1.54, 1.807) is 24.3 Å². The van der Waals surface area contributed by atoms with Crippen molar-refractivity contribution in [2.45, 2.75) is 0 Å². The van der Waals surface area contributed by atoms with Gasteiger partial charge in [0.15, 0.2) is 0 Å². The molecule has 0 saturated carbocycles. The van der Waals surface area contributed by atoms with Gasteiger partial charge >= 0.3 is 0 Å². The summed E-state index contributed by atoms with van der Waals surface area (Å²) >= 11 is 1.48. The third-order valence-corrected chi connectivity index (χ3v) is 6.61. The molecule has 0 unspecified atom stereocenters. The van der Waals surface area contributed by atoms with E-state index in [0.717, 1.165) is 36.8 Å². The topological polar surface area (TPSA) is 53.1 Å². The highest BCUT2D eigenvalue weighted by atomic mass is 32.1. The molecule has 2 aliphatic rings. The van der Waals surface area contributed by atoms with Crippen LogP contribution < -0.4 is 9.64 Å². The van der Waals surface area contributed by atoms with Crippen LogP contribution in [0.15, 0.2) is 77.8 Å². The van der Waals surface area contributed by atoms with Gasteiger partial charge in [0.05, 0.1) is 11.3 Å². The maximum absolute atomic E-state index is 13.5. The van der Waals surface area contributed by atoms with Gasteiger partial charge in [0.2, 0.25) is 0 Å². The molecule has 2 aromatic carbocycles. The molecule has 0 spiro atoms. The molecule has 0 radical (unpaired) electrons. The van der Waals surface area contributed by atoms with E-state index in [1.807, 2.05) is 47.8 Å². The number of piperazine rings is 1. The number of benzene rings is 2. The molecule has 2 amide bonds. The van der Waals surface area contributed by atoms with Gasteiger partial charge in [-0.1, -0.05) is 24.3 Å². The SMILES string of the molecule is CN1CCN(C2=C(c3cccs3)C(=O)N(c3ccc(Oc4ccccc4)cc3)C2=O)CC1. The summed E-state index contributed by atoms with van der Waals surface area (Å²) in [5.74, 6) is 0.833. The van der Waals surface area contributed by atoms with Gasteiger partial charge in [-0.05, 0) is 54.9 Å². The van der Waals surface area contributed by atoms with Crippen LogP contribution in [-0.2, 0) is 9.59 Å². The molecule has 32 heavy (non-hydrogen) atoms. The zero-order chi connectivity index (χ0) is 22.1. The lowest BCUT2D eigenvalue weighted by atomic mass is 10.1. The average molecular weight is 446 g/mol. The van der Waals surface area contributed by atoms with Gasteiger partial charge in [-0.3, -0.25) is 9.59 Å². The second kappa shape index (κ2) is 8.61. The highest BCUT2D eigenvalue weighted by molar-refractivity contribution is 7.11. The Morgan fingerprint density at radius 1 is 0.781 bits per heavy atom. The number of nitrogens with zero attached hydrogens (tertiary/aromatic N) is 3. The minimum Gasteiger partial charge on any atom is -0.457 e. The third kappa shape index (κ3) is 3.81. The van der Waals surface area contributed by atoms with Crippen molar-refractivity contribution in [3.8, 4) is 11.5 Å². The molecule has 3 heterocycles. The molecule has 0 N–H and O–H groups in total. The Morgan fingerprint density at radius 3 is 2.12 bits per heavy atom. The maximum Gasteiger partial charge on any atom is 0.282 e. The normalized spacial score (nSPS) is 17.4. The summed E-state index contributed by atoms with van der Waals surface area (Å²) in [6.07, 6.45) is 0. The predicted octanol–water partition coefficient (Wildman–Crippen LogP) is 4.07. The number of carbonyl (C=O) groups excluding carboxylic acids is 2. The summed E-state index contributed by atoms with van der Waals surface area (Å²) < 4.78 is 5.85. The summed E-state index contributed by atoms with van der Waals surface area (Å²) in [4.78, 5) is 33.4. The Hall–Kier alpha value is -3.42. The lowest BCUT2D eigenvalue weighted by Crippen LogP contribution is -2.46. The molecule has 0 aliphatic carbocycles. The van der Waals surface area contributed by atoms with Crippen molar-refractivity contribution in [3.63, 3.8) is 0 Å². The molecule has 3 aromatic rings. The van der Waals surface area contributed by atoms with Crippen molar-refractivity contribution in [1.82, 2.24) is 9.80 Å². The van der Waals surface area contributed by atoms with Crippen molar-refractivity contribution < 1.29 is 14.3 Å². The minimum absolute atomic E-state index is 0.264. The standard InChI is InChI=1S/C25H23N3O3S/c1-26-13-15-27(16-14-26)23-22(21-8-5-17-32-21)24(29)28(25(23)30)18-9-11-20(12-10-18)31-19-6-3-2-4-7-19/h2-12,17H,13-16H2,1H3. The van der Waals surface area contributed by atoms with E-state index >= 15 is 0 Å². The Balaban J connectivity index is 1.44. The number of likely N-dealkylation sites (N-methyl/N-ethyl adjacent to an activating group) is 1. The quantitative estimate of drug-likeness (QED) is 0.554. The van der Waals surface area contributed by atoms with Crippen molar-refractivity contribution in [2.24, 2.45) is 0 Å². The molecular formula is C25H23N3O3S. The van der Waals surface area contributed by atoms with Crippen molar-refractivity contribution in [1.29, 1.82) is 0 Å². The van der Waals surface area contributed by atoms with Crippen molar-refractivity contribution in [2.75, 3.05) is 38.1 Å². The molecule has 0 atom stereocenters. The molecule has 0 bridgehead atoms. The van der Waals surface area contributed by atoms with Gasteiger partial charge in [-0.15, -0.1) is 11.3 Å². The van der Waals surface area contributed by atoms with Crippen LogP contribution in [0.4, 0.5) is 5.69 Å². The molecule has 7 heteroatoms. The number of rotatable bonds is 5. The number of thiophene rings is 1. The molecule has 1 aromatic heterocycles. The number of anilines is 1. The van der Waals surface area contributed by atoms with E-state index in [4.69, 9.17) is 4.74 Å². The molecule has 1 fully saturated rings. The fourth-order valence-electron chi connectivity index (χ4n) is 4.01. The fourth-order valence-corrected chi connectivity index (χ4v) is 4.77. The monoisotopic (exact) mass is 445 g/mol. The van der Waals surface area contributed by atoms with E-state index in [9.17, 15) is 9.59 Å². The summed E-state index contributed by atoms with van der Waals surface area (Å²) in [6, 6.07) is 20.4. The molecule has 1 saturated heterocycles. The molecule has 5 rings (SSSR count). The van der Waals surface area contributed by atoms with Crippen LogP contribution in [0.2, 0.25) is 0 Å². The van der Waals surface area contributed by atoms with Crippen molar-refractivity contribution >= 4 is 34.4 Å². The Labute approximate surface area is 190 Å². The first kappa shape index (κ1) is 20.5. The third-order valence-electron chi connectivity index (χ3n) is 5.72. The van der Waals surface area contributed by atoms with Crippen molar-refractivity contribution in [3.05, 3.63) is 82.7 Å². The van der Waals surface area contributed by atoms with Crippen LogP contribution >= 0.6 is 11.3 Å². The average Bonchev–Trinajstić information content (AvgIpc) is 3.42. The fraction of sp³-hybridized carbons (Fsp3) is 0.200. The highest BCUT2D eigenvalue weighted by Crippen LogP contribution is 2.37. The number of hydrogen-bond acceptors (Lipinski definition) is 6. The van der Waals surface area contributed by atoms with Gasteiger partial charge in [0.1, 0.15) is 17.2 Å². The van der Waals surface area contributed by atoms with Gasteiger partial charge < -0.3 is 14.5 Å². The van der Waals surface area contributed by atoms with Gasteiger partial charge in [-0.2, -0.15) is 0 Å². The van der Waals surface area contributed by atoms with Crippen LogP contribution in [0.25, 0.3) is 5.57 Å². The Bertz CT molecular complexity index is 1150. The smallest absolute Gasteiger partial charge is 0.282 e. The second-order valence-electron chi connectivity index (χ2n) is 7.85. The lowest BCUT2D eigenvalue weighted by molar-refractivity contribution is -0.120. The maximum atomic E-state index is 13.5. The van der Waals surface area contributed by atoms with Gasteiger partial charge in [0.25, 0.3) is 11.8 Å². The zero-order valence-corrected chi connectivity index (χ0v) is 18.5. The van der Waals surface area contributed by atoms with E-state index < -0.39 is 0 Å². The van der Waals surface area contributed by atoms with Gasteiger partial charge in [-0.25, -0.2) is 4.90 Å². The molecular weight excluding hydrogens is 422 g/mol. The van der Waals surface area contributed by atoms with Crippen LogP contribution in [0.1, 0.15) is 4.88 Å².